The first-order chi connectivity index (χ1) is 14.1. The molecule has 0 bridgehead atoms. The number of hydrogen-bond acceptors (Lipinski definition) is 5. The van der Waals surface area contributed by atoms with Crippen LogP contribution in [0.25, 0.3) is 11.3 Å². The molecule has 2 heterocycles. The zero-order valence-electron chi connectivity index (χ0n) is 16.8. The molecule has 29 heavy (non-hydrogen) atoms. The molecule has 4 atom stereocenters. The number of carbonyl (C=O) groups is 1. The molecule has 7 heteroatoms. The Morgan fingerprint density at radius 2 is 2.00 bits per heavy atom. The molecular weight excluding hydrogens is 366 g/mol. The number of carbonyl (C=O) groups excluding carboxylic acids is 1. The van der Waals surface area contributed by atoms with E-state index in [2.05, 4.69) is 40.2 Å². The number of benzene rings is 1. The van der Waals surface area contributed by atoms with E-state index in [0.717, 1.165) is 49.1 Å². The summed E-state index contributed by atoms with van der Waals surface area (Å²) in [5.41, 5.74) is 15.5. The highest BCUT2D eigenvalue weighted by Gasteiger charge is 2.43. The molecule has 3 aliphatic rings. The molecular formula is C22H29N5O2. The van der Waals surface area contributed by atoms with Crippen molar-refractivity contribution in [2.24, 2.45) is 24.6 Å². The van der Waals surface area contributed by atoms with Crippen LogP contribution in [0.4, 0.5) is 0 Å². The van der Waals surface area contributed by atoms with Crippen molar-refractivity contribution >= 4 is 5.91 Å². The Hall–Kier alpha value is -2.38. The highest BCUT2D eigenvalue weighted by molar-refractivity contribution is 5.79. The van der Waals surface area contributed by atoms with Crippen LogP contribution in [-0.2, 0) is 11.8 Å². The summed E-state index contributed by atoms with van der Waals surface area (Å²) in [7, 11) is 2.00. The van der Waals surface area contributed by atoms with Gasteiger partial charge in [-0.1, -0.05) is 0 Å². The second kappa shape index (κ2) is 7.46. The highest BCUT2D eigenvalue weighted by atomic mass is 16.5. The van der Waals surface area contributed by atoms with Crippen LogP contribution < -0.4 is 21.3 Å². The maximum Gasteiger partial charge on any atom is 0.237 e. The fourth-order valence-corrected chi connectivity index (χ4v) is 5.03. The number of rotatable bonds is 5. The van der Waals surface area contributed by atoms with E-state index in [0.29, 0.717) is 18.6 Å². The van der Waals surface area contributed by atoms with Crippen LogP contribution >= 0.6 is 0 Å². The van der Waals surface area contributed by atoms with Gasteiger partial charge in [0.25, 0.3) is 0 Å². The van der Waals surface area contributed by atoms with E-state index >= 15 is 0 Å². The smallest absolute Gasteiger partial charge is 0.237 e. The van der Waals surface area contributed by atoms with Crippen molar-refractivity contribution in [2.45, 2.75) is 50.2 Å². The summed E-state index contributed by atoms with van der Waals surface area (Å²) in [6.07, 6.45) is 7.56. The summed E-state index contributed by atoms with van der Waals surface area (Å²) in [5, 5.41) is 4.57. The second-order valence-corrected chi connectivity index (χ2v) is 8.67. The van der Waals surface area contributed by atoms with Gasteiger partial charge in [0, 0.05) is 36.7 Å². The molecule has 0 spiro atoms. The van der Waals surface area contributed by atoms with Gasteiger partial charge in [0.2, 0.25) is 5.91 Å². The number of aromatic nitrogens is 2. The van der Waals surface area contributed by atoms with Gasteiger partial charge in [0.1, 0.15) is 5.75 Å². The summed E-state index contributed by atoms with van der Waals surface area (Å²) in [4.78, 5) is 12.3. The summed E-state index contributed by atoms with van der Waals surface area (Å²) < 4.78 is 7.85. The second-order valence-electron chi connectivity index (χ2n) is 8.67. The van der Waals surface area contributed by atoms with Crippen molar-refractivity contribution in [1.82, 2.24) is 20.6 Å². The standard InChI is InChI=1S/C22H29N5O2/c1-27-21(13-2-5-15(6-3-13)29-16-7-8-16)19(12-24-27)14-4-9-17-18(10-14)20(11-23)25-26-22(17)28/h2-3,5-6,12,14,16-18,20,25H,4,7-11,23H2,1H3,(H,26,28). The van der Waals surface area contributed by atoms with Crippen molar-refractivity contribution in [3.8, 4) is 17.0 Å². The van der Waals surface area contributed by atoms with Crippen molar-refractivity contribution < 1.29 is 9.53 Å². The number of fused-ring (bicyclic) bond motifs is 1. The van der Waals surface area contributed by atoms with Gasteiger partial charge in [-0.2, -0.15) is 5.10 Å². The van der Waals surface area contributed by atoms with E-state index in [-0.39, 0.29) is 23.8 Å². The minimum Gasteiger partial charge on any atom is -0.490 e. The number of amides is 1. The van der Waals surface area contributed by atoms with Crippen LogP contribution in [0.1, 0.15) is 43.6 Å². The van der Waals surface area contributed by atoms with E-state index in [9.17, 15) is 4.79 Å². The molecule has 2 aromatic rings. The van der Waals surface area contributed by atoms with Gasteiger partial charge in [0.05, 0.1) is 18.0 Å². The summed E-state index contributed by atoms with van der Waals surface area (Å²) >= 11 is 0. The lowest BCUT2D eigenvalue weighted by Gasteiger charge is -2.43. The zero-order chi connectivity index (χ0) is 20.0. The van der Waals surface area contributed by atoms with Crippen LogP contribution in [0.5, 0.6) is 5.75 Å². The number of nitrogens with one attached hydrogen (secondary N) is 2. The molecule has 0 radical (unpaired) electrons. The molecule has 2 aliphatic carbocycles. The Morgan fingerprint density at radius 1 is 1.21 bits per heavy atom. The molecule has 5 rings (SSSR count). The van der Waals surface area contributed by atoms with Crippen molar-refractivity contribution in [2.75, 3.05) is 6.54 Å². The first-order valence-electron chi connectivity index (χ1n) is 10.7. The Kier molecular flexibility index (Phi) is 4.80. The lowest BCUT2D eigenvalue weighted by atomic mass is 9.68. The van der Waals surface area contributed by atoms with Crippen LogP contribution in [0, 0.1) is 11.8 Å². The number of nitrogens with two attached hydrogens (primary N) is 1. The lowest BCUT2D eigenvalue weighted by Crippen LogP contribution is -2.62. The van der Waals surface area contributed by atoms with Gasteiger partial charge in [0.15, 0.2) is 0 Å². The molecule has 1 amide bonds. The fourth-order valence-electron chi connectivity index (χ4n) is 5.03. The third kappa shape index (κ3) is 3.53. The average Bonchev–Trinajstić information content (AvgIpc) is 3.48. The van der Waals surface area contributed by atoms with Gasteiger partial charge in [-0.15, -0.1) is 0 Å². The maximum absolute atomic E-state index is 12.3. The van der Waals surface area contributed by atoms with Gasteiger partial charge >= 0.3 is 0 Å². The predicted molar refractivity (Wildman–Crippen MR) is 110 cm³/mol. The SMILES string of the molecule is Cn1ncc(C2CCC3C(=O)NNC(CN)C3C2)c1-c1ccc(OC2CC2)cc1. The van der Waals surface area contributed by atoms with Crippen LogP contribution in [0.2, 0.25) is 0 Å². The van der Waals surface area contributed by atoms with E-state index in [4.69, 9.17) is 10.5 Å². The average molecular weight is 396 g/mol. The monoisotopic (exact) mass is 395 g/mol. The molecule has 4 unspecified atom stereocenters. The third-order valence-electron chi connectivity index (χ3n) is 6.75. The van der Waals surface area contributed by atoms with E-state index in [1.54, 1.807) is 0 Å². The first-order valence-corrected chi connectivity index (χ1v) is 10.7. The Bertz CT molecular complexity index is 889. The molecule has 3 fully saturated rings. The Balaban J connectivity index is 1.40. The highest BCUT2D eigenvalue weighted by Crippen LogP contribution is 2.44. The topological polar surface area (TPSA) is 94.2 Å². The molecule has 1 aromatic carbocycles. The third-order valence-corrected chi connectivity index (χ3v) is 6.75. The number of aryl methyl sites for hydroxylation is 1. The maximum atomic E-state index is 12.3. The molecule has 154 valence electrons. The summed E-state index contributed by atoms with van der Waals surface area (Å²) in [6, 6.07) is 8.49. The minimum atomic E-state index is 0.0556. The van der Waals surface area contributed by atoms with Crippen LogP contribution in [0.3, 0.4) is 0 Å². The van der Waals surface area contributed by atoms with E-state index < -0.39 is 0 Å². The number of hydrogen-bond donors (Lipinski definition) is 3. The molecule has 2 saturated carbocycles. The van der Waals surface area contributed by atoms with Crippen LogP contribution in [0.15, 0.2) is 30.5 Å². The largest absolute Gasteiger partial charge is 0.490 e. The van der Waals surface area contributed by atoms with Gasteiger partial charge in [-0.05, 0) is 68.2 Å². The quantitative estimate of drug-likeness (QED) is 0.721. The summed E-state index contributed by atoms with van der Waals surface area (Å²) in [6.45, 7) is 0.524. The number of ether oxygens (including phenoxy) is 1. The molecule has 4 N–H and O–H groups in total. The lowest BCUT2D eigenvalue weighted by molar-refractivity contribution is -0.133. The van der Waals surface area contributed by atoms with Gasteiger partial charge in [-0.3, -0.25) is 14.9 Å². The van der Waals surface area contributed by atoms with Gasteiger partial charge < -0.3 is 10.5 Å². The normalized spacial score (nSPS) is 29.2. The zero-order valence-corrected chi connectivity index (χ0v) is 16.8. The van der Waals surface area contributed by atoms with E-state index in [1.807, 2.05) is 17.9 Å². The Morgan fingerprint density at radius 3 is 2.72 bits per heavy atom. The predicted octanol–water partition coefficient (Wildman–Crippen LogP) is 2.09. The number of nitrogens with zero attached hydrogens (tertiary/aromatic N) is 2. The van der Waals surface area contributed by atoms with Crippen molar-refractivity contribution in [1.29, 1.82) is 0 Å². The molecule has 1 aliphatic heterocycles. The number of hydrazine groups is 1. The minimum absolute atomic E-state index is 0.0556. The molecule has 7 nitrogen and oxygen atoms in total. The van der Waals surface area contributed by atoms with E-state index in [1.165, 1.54) is 5.56 Å². The van der Waals surface area contributed by atoms with Crippen LogP contribution in [-0.4, -0.2) is 34.4 Å². The first kappa shape index (κ1) is 18.6. The van der Waals surface area contributed by atoms with Crippen molar-refractivity contribution in [3.05, 3.63) is 36.0 Å². The molecule has 1 aromatic heterocycles. The summed E-state index contributed by atoms with van der Waals surface area (Å²) in [5.74, 6) is 1.74. The Labute approximate surface area is 171 Å². The fraction of sp³-hybridized carbons (Fsp3) is 0.545. The molecule has 1 saturated heterocycles. The van der Waals surface area contributed by atoms with Gasteiger partial charge in [-0.25, -0.2) is 5.43 Å². The van der Waals surface area contributed by atoms with Crippen molar-refractivity contribution in [3.63, 3.8) is 0 Å².